The van der Waals surface area contributed by atoms with Crippen molar-refractivity contribution in [1.82, 2.24) is 9.88 Å². The number of piperidine rings is 1. The Bertz CT molecular complexity index is 739. The van der Waals surface area contributed by atoms with Crippen molar-refractivity contribution in [3.63, 3.8) is 0 Å². The van der Waals surface area contributed by atoms with Crippen molar-refractivity contribution < 1.29 is 4.39 Å². The molecule has 1 aromatic heterocycles. The zero-order chi connectivity index (χ0) is 16.4. The van der Waals surface area contributed by atoms with E-state index in [2.05, 4.69) is 16.0 Å². The summed E-state index contributed by atoms with van der Waals surface area (Å²) in [6, 6.07) is 11.2. The topological polar surface area (TPSA) is 16.1 Å². The molecule has 3 heteroatoms. The van der Waals surface area contributed by atoms with Crippen LogP contribution in [-0.2, 0) is 12.8 Å². The second-order valence-electron chi connectivity index (χ2n) is 6.81. The van der Waals surface area contributed by atoms with Gasteiger partial charge in [0.2, 0.25) is 0 Å². The number of halogens is 1. The number of rotatable bonds is 3. The third-order valence-corrected chi connectivity index (χ3v) is 5.34. The van der Waals surface area contributed by atoms with Gasteiger partial charge in [-0.05, 0) is 67.0 Å². The predicted octanol–water partition coefficient (Wildman–Crippen LogP) is 4.26. The number of benzene rings is 1. The lowest BCUT2D eigenvalue weighted by Gasteiger charge is -2.29. The first-order valence-corrected chi connectivity index (χ1v) is 8.91. The van der Waals surface area contributed by atoms with E-state index in [4.69, 9.17) is 0 Å². The Morgan fingerprint density at radius 2 is 1.75 bits per heavy atom. The van der Waals surface area contributed by atoms with Crippen LogP contribution in [0.3, 0.4) is 0 Å². The number of aromatic nitrogens is 1. The Labute approximate surface area is 143 Å². The molecule has 1 saturated heterocycles. The highest BCUT2D eigenvalue weighted by molar-refractivity contribution is 5.72. The number of allylic oxidation sites excluding steroid dienone is 1. The Balaban J connectivity index is 1.36. The number of fused-ring (bicyclic) bond motifs is 1. The van der Waals surface area contributed by atoms with Crippen molar-refractivity contribution in [2.24, 2.45) is 0 Å². The van der Waals surface area contributed by atoms with E-state index in [-0.39, 0.29) is 5.82 Å². The van der Waals surface area contributed by atoms with E-state index in [1.165, 1.54) is 22.4 Å². The lowest BCUT2D eigenvalue weighted by atomic mass is 9.96. The molecule has 1 aromatic carbocycles. The summed E-state index contributed by atoms with van der Waals surface area (Å²) < 4.78 is 13.0. The number of nitrogens with zero attached hydrogens (tertiary/aromatic N) is 2. The predicted molar refractivity (Wildman–Crippen MR) is 95.3 cm³/mol. The number of hydrogen-bond acceptors (Lipinski definition) is 2. The molecule has 2 nitrogen and oxygen atoms in total. The minimum absolute atomic E-state index is 0.154. The van der Waals surface area contributed by atoms with Crippen LogP contribution in [0.2, 0.25) is 0 Å². The Hall–Kier alpha value is -2.00. The summed E-state index contributed by atoms with van der Waals surface area (Å²) in [5.41, 5.74) is 7.02. The third kappa shape index (κ3) is 3.27. The van der Waals surface area contributed by atoms with E-state index in [0.717, 1.165) is 51.7 Å². The number of pyridine rings is 1. The number of hydrogen-bond donors (Lipinski definition) is 0. The van der Waals surface area contributed by atoms with E-state index in [0.29, 0.717) is 0 Å². The van der Waals surface area contributed by atoms with Gasteiger partial charge >= 0.3 is 0 Å². The number of likely N-dealkylation sites (tertiary alicyclic amines) is 1. The summed E-state index contributed by atoms with van der Waals surface area (Å²) in [6.45, 7) is 3.31. The quantitative estimate of drug-likeness (QED) is 0.839. The van der Waals surface area contributed by atoms with Crippen molar-refractivity contribution in [3.8, 4) is 0 Å². The van der Waals surface area contributed by atoms with E-state index in [1.807, 2.05) is 24.4 Å². The summed E-state index contributed by atoms with van der Waals surface area (Å²) in [5, 5.41) is 0. The van der Waals surface area contributed by atoms with Crippen LogP contribution in [0.15, 0.2) is 48.2 Å². The fraction of sp³-hybridized carbons (Fsp3) is 0.381. The smallest absolute Gasteiger partial charge is 0.123 e. The molecule has 0 spiro atoms. The van der Waals surface area contributed by atoms with Gasteiger partial charge in [-0.15, -0.1) is 0 Å². The molecule has 0 radical (unpaired) electrons. The molecule has 0 N–H and O–H groups in total. The van der Waals surface area contributed by atoms with Gasteiger partial charge in [0.05, 0.1) is 5.69 Å². The maximum atomic E-state index is 13.0. The van der Waals surface area contributed by atoms with Crippen LogP contribution in [-0.4, -0.2) is 29.5 Å². The van der Waals surface area contributed by atoms with Crippen LogP contribution in [0.4, 0.5) is 4.39 Å². The molecule has 0 saturated carbocycles. The molecular formula is C21H23FN2. The molecule has 2 aliphatic rings. The van der Waals surface area contributed by atoms with Crippen molar-refractivity contribution >= 4 is 5.57 Å². The average Bonchev–Trinajstić information content (AvgIpc) is 3.06. The van der Waals surface area contributed by atoms with Gasteiger partial charge in [-0.2, -0.15) is 0 Å². The zero-order valence-corrected chi connectivity index (χ0v) is 14.0. The molecule has 0 unspecified atom stereocenters. The van der Waals surface area contributed by atoms with Gasteiger partial charge < -0.3 is 4.90 Å². The molecule has 1 aliphatic heterocycles. The van der Waals surface area contributed by atoms with Crippen LogP contribution in [0.1, 0.15) is 36.1 Å². The average molecular weight is 322 g/mol. The van der Waals surface area contributed by atoms with Gasteiger partial charge in [0.1, 0.15) is 5.82 Å². The molecule has 2 heterocycles. The monoisotopic (exact) mass is 322 g/mol. The molecule has 0 atom stereocenters. The summed E-state index contributed by atoms with van der Waals surface area (Å²) in [4.78, 5) is 7.15. The maximum Gasteiger partial charge on any atom is 0.123 e. The van der Waals surface area contributed by atoms with E-state index in [9.17, 15) is 4.39 Å². The second-order valence-corrected chi connectivity index (χ2v) is 6.81. The normalized spacial score (nSPS) is 18.0. The molecule has 0 bridgehead atoms. The van der Waals surface area contributed by atoms with Gasteiger partial charge in [-0.3, -0.25) is 4.98 Å². The molecule has 124 valence electrons. The van der Waals surface area contributed by atoms with Crippen LogP contribution in [0.5, 0.6) is 0 Å². The fourth-order valence-electron chi connectivity index (χ4n) is 3.92. The molecule has 4 rings (SSSR count). The molecule has 2 aromatic rings. The van der Waals surface area contributed by atoms with Crippen molar-refractivity contribution in [1.29, 1.82) is 0 Å². The second kappa shape index (κ2) is 6.86. The molecule has 24 heavy (non-hydrogen) atoms. The molecule has 1 fully saturated rings. The van der Waals surface area contributed by atoms with Crippen LogP contribution >= 0.6 is 0 Å². The first kappa shape index (κ1) is 15.5. The Morgan fingerprint density at radius 1 is 0.958 bits per heavy atom. The van der Waals surface area contributed by atoms with Crippen LogP contribution < -0.4 is 0 Å². The third-order valence-electron chi connectivity index (χ3n) is 5.34. The van der Waals surface area contributed by atoms with Gasteiger partial charge in [-0.25, -0.2) is 4.39 Å². The highest BCUT2D eigenvalue weighted by Crippen LogP contribution is 2.36. The van der Waals surface area contributed by atoms with E-state index < -0.39 is 0 Å². The highest BCUT2D eigenvalue weighted by Gasteiger charge is 2.23. The van der Waals surface area contributed by atoms with E-state index >= 15 is 0 Å². The summed E-state index contributed by atoms with van der Waals surface area (Å²) in [6.07, 6.45) is 7.55. The van der Waals surface area contributed by atoms with Gasteiger partial charge in [0.25, 0.3) is 0 Å². The number of aryl methyl sites for hydroxylation is 1. The standard InChI is InChI=1S/C21H23FN2/c22-19-6-3-16(4-7-19)9-13-24-14-10-17(11-15-24)20-8-5-18-2-1-12-23-21(18)20/h1-4,6-7,12H,5,8-11,13-15H2. The van der Waals surface area contributed by atoms with Gasteiger partial charge in [0.15, 0.2) is 0 Å². The Kier molecular flexibility index (Phi) is 4.44. The van der Waals surface area contributed by atoms with Crippen LogP contribution in [0, 0.1) is 5.82 Å². The van der Waals surface area contributed by atoms with Gasteiger partial charge in [-0.1, -0.05) is 23.8 Å². The first-order chi connectivity index (χ1) is 11.8. The first-order valence-electron chi connectivity index (χ1n) is 8.91. The van der Waals surface area contributed by atoms with Crippen molar-refractivity contribution in [2.45, 2.75) is 32.1 Å². The minimum atomic E-state index is -0.154. The van der Waals surface area contributed by atoms with Gasteiger partial charge in [0, 0.05) is 25.8 Å². The molecule has 0 amide bonds. The summed E-state index contributed by atoms with van der Waals surface area (Å²) in [7, 11) is 0. The van der Waals surface area contributed by atoms with E-state index in [1.54, 1.807) is 17.7 Å². The highest BCUT2D eigenvalue weighted by atomic mass is 19.1. The zero-order valence-electron chi connectivity index (χ0n) is 14.0. The lowest BCUT2D eigenvalue weighted by Crippen LogP contribution is -2.32. The largest absolute Gasteiger partial charge is 0.302 e. The SMILES string of the molecule is Fc1ccc(CCN2CCC(=C3CCc4cccnc43)CC2)cc1. The van der Waals surface area contributed by atoms with Crippen LogP contribution in [0.25, 0.3) is 5.57 Å². The van der Waals surface area contributed by atoms with Crippen molar-refractivity contribution in [3.05, 3.63) is 70.8 Å². The fourth-order valence-corrected chi connectivity index (χ4v) is 3.92. The van der Waals surface area contributed by atoms with Crippen molar-refractivity contribution in [2.75, 3.05) is 19.6 Å². The summed E-state index contributed by atoms with van der Waals surface area (Å²) >= 11 is 0. The maximum absolute atomic E-state index is 13.0. The molecule has 1 aliphatic carbocycles. The lowest BCUT2D eigenvalue weighted by molar-refractivity contribution is 0.260. The molecular weight excluding hydrogens is 299 g/mol. The summed E-state index contributed by atoms with van der Waals surface area (Å²) in [5.74, 6) is -0.154. The Morgan fingerprint density at radius 3 is 2.54 bits per heavy atom. The minimum Gasteiger partial charge on any atom is -0.302 e.